The van der Waals surface area contributed by atoms with Crippen molar-refractivity contribution in [2.45, 2.75) is 71.6 Å². The minimum Gasteiger partial charge on any atom is -0.451 e. The fourth-order valence-electron chi connectivity index (χ4n) is 2.52. The number of ether oxygens (including phenoxy) is 1. The Morgan fingerprint density at radius 1 is 1.22 bits per heavy atom. The van der Waals surface area contributed by atoms with Crippen LogP contribution in [0.1, 0.15) is 53.9 Å². The van der Waals surface area contributed by atoms with E-state index >= 15 is 0 Å². The highest BCUT2D eigenvalue weighted by atomic mass is 16.5. The van der Waals surface area contributed by atoms with Gasteiger partial charge in [0.25, 0.3) is 11.8 Å². The summed E-state index contributed by atoms with van der Waals surface area (Å²) in [5.74, 6) is -2.25. The van der Waals surface area contributed by atoms with E-state index in [1.54, 1.807) is 20.8 Å². The van der Waals surface area contributed by atoms with Crippen LogP contribution in [0.3, 0.4) is 0 Å². The van der Waals surface area contributed by atoms with Gasteiger partial charge in [0.2, 0.25) is 0 Å². The summed E-state index contributed by atoms with van der Waals surface area (Å²) < 4.78 is 4.92. The number of esters is 1. The van der Waals surface area contributed by atoms with Crippen molar-refractivity contribution in [3.8, 4) is 0 Å². The third kappa shape index (κ3) is 6.22. The van der Waals surface area contributed by atoms with Crippen molar-refractivity contribution in [3.63, 3.8) is 0 Å². The minimum atomic E-state index is -1.26. The van der Waals surface area contributed by atoms with Gasteiger partial charge >= 0.3 is 18.0 Å². The van der Waals surface area contributed by atoms with E-state index in [2.05, 4.69) is 10.6 Å². The summed E-state index contributed by atoms with van der Waals surface area (Å²) in [6, 6.07) is -1.56. The summed E-state index contributed by atoms with van der Waals surface area (Å²) in [6.45, 7) is 7.69. The highest BCUT2D eigenvalue weighted by molar-refractivity contribution is 6.08. The summed E-state index contributed by atoms with van der Waals surface area (Å²) in [5.41, 5.74) is -1.05. The second kappa shape index (κ2) is 9.33. The molecule has 6 amide bonds. The van der Waals surface area contributed by atoms with E-state index in [1.807, 2.05) is 12.2 Å². The average molecular weight is 384 g/mol. The van der Waals surface area contributed by atoms with E-state index in [0.29, 0.717) is 6.42 Å². The zero-order chi connectivity index (χ0) is 20.8. The summed E-state index contributed by atoms with van der Waals surface area (Å²) in [6.07, 6.45) is 0.806. The molecule has 1 saturated heterocycles. The van der Waals surface area contributed by atoms with Crippen LogP contribution in [0.15, 0.2) is 0 Å². The van der Waals surface area contributed by atoms with Crippen molar-refractivity contribution >= 4 is 29.8 Å². The van der Waals surface area contributed by atoms with Crippen LogP contribution in [-0.2, 0) is 19.1 Å². The number of nitrogens with zero attached hydrogens (tertiary/aromatic N) is 1. The molecular weight excluding hydrogens is 356 g/mol. The lowest BCUT2D eigenvalue weighted by atomic mass is 9.95. The molecule has 0 radical (unpaired) electrons. The number of nitrogens with one attached hydrogen (secondary N) is 3. The Balaban J connectivity index is 2.58. The number of carbonyl (C=O) groups excluding carboxylic acids is 5. The van der Waals surface area contributed by atoms with Gasteiger partial charge in [0.1, 0.15) is 12.1 Å². The molecule has 0 bridgehead atoms. The van der Waals surface area contributed by atoms with E-state index in [9.17, 15) is 24.0 Å². The van der Waals surface area contributed by atoms with E-state index < -0.39 is 48.0 Å². The SMILES string of the molecule is CCCC[C@]1(C)NC(=O)N(CC(=O)O[C@H](C)C(=O)NC(=O)NC(C)C)C1=O. The highest BCUT2D eigenvalue weighted by Gasteiger charge is 2.48. The molecule has 1 heterocycles. The molecule has 0 saturated carbocycles. The lowest BCUT2D eigenvalue weighted by molar-refractivity contribution is -0.156. The Hall–Kier alpha value is -2.65. The zero-order valence-corrected chi connectivity index (χ0v) is 16.4. The number of urea groups is 2. The van der Waals surface area contributed by atoms with Crippen LogP contribution in [-0.4, -0.2) is 59.0 Å². The predicted octanol–water partition coefficient (Wildman–Crippen LogP) is 0.653. The van der Waals surface area contributed by atoms with Gasteiger partial charge in [-0.2, -0.15) is 0 Å². The van der Waals surface area contributed by atoms with Crippen molar-refractivity contribution in [1.29, 1.82) is 0 Å². The summed E-state index contributed by atoms with van der Waals surface area (Å²) in [4.78, 5) is 60.6. The first-order chi connectivity index (χ1) is 12.5. The number of carbonyl (C=O) groups is 5. The molecule has 0 aromatic heterocycles. The Morgan fingerprint density at radius 2 is 1.85 bits per heavy atom. The Labute approximate surface area is 158 Å². The van der Waals surface area contributed by atoms with Crippen molar-refractivity contribution < 1.29 is 28.7 Å². The van der Waals surface area contributed by atoms with Crippen molar-refractivity contribution in [2.24, 2.45) is 0 Å². The van der Waals surface area contributed by atoms with Crippen LogP contribution in [0.4, 0.5) is 9.59 Å². The molecule has 152 valence electrons. The van der Waals surface area contributed by atoms with Gasteiger partial charge in [0.05, 0.1) is 0 Å². The number of rotatable bonds is 8. The summed E-state index contributed by atoms with van der Waals surface area (Å²) >= 11 is 0. The highest BCUT2D eigenvalue weighted by Crippen LogP contribution is 2.23. The first-order valence-corrected chi connectivity index (χ1v) is 8.95. The van der Waals surface area contributed by atoms with Crippen LogP contribution in [0.25, 0.3) is 0 Å². The normalized spacial score (nSPS) is 20.3. The summed E-state index contributed by atoms with van der Waals surface area (Å²) in [5, 5.41) is 7.09. The van der Waals surface area contributed by atoms with Crippen LogP contribution < -0.4 is 16.0 Å². The third-order valence-electron chi connectivity index (χ3n) is 4.00. The van der Waals surface area contributed by atoms with Crippen LogP contribution >= 0.6 is 0 Å². The van der Waals surface area contributed by atoms with Gasteiger partial charge < -0.3 is 15.4 Å². The van der Waals surface area contributed by atoms with Crippen molar-refractivity contribution in [1.82, 2.24) is 20.9 Å². The molecule has 0 aromatic rings. The second-order valence-electron chi connectivity index (χ2n) is 7.01. The van der Waals surface area contributed by atoms with E-state index in [4.69, 9.17) is 4.74 Å². The van der Waals surface area contributed by atoms with Gasteiger partial charge in [-0.3, -0.25) is 24.6 Å². The van der Waals surface area contributed by atoms with E-state index in [-0.39, 0.29) is 6.04 Å². The molecule has 0 aromatic carbocycles. The summed E-state index contributed by atoms with van der Waals surface area (Å²) in [7, 11) is 0. The average Bonchev–Trinajstić information content (AvgIpc) is 2.75. The molecule has 0 aliphatic carbocycles. The number of amides is 6. The Morgan fingerprint density at radius 3 is 2.41 bits per heavy atom. The number of imide groups is 2. The Kier molecular flexibility index (Phi) is 7.74. The molecule has 1 rings (SSSR count). The zero-order valence-electron chi connectivity index (χ0n) is 16.4. The Bertz CT molecular complexity index is 621. The molecule has 10 nitrogen and oxygen atoms in total. The predicted molar refractivity (Wildman–Crippen MR) is 95.5 cm³/mol. The van der Waals surface area contributed by atoms with Gasteiger partial charge in [-0.05, 0) is 34.1 Å². The first-order valence-electron chi connectivity index (χ1n) is 8.95. The molecule has 1 fully saturated rings. The van der Waals surface area contributed by atoms with Crippen LogP contribution in [0.5, 0.6) is 0 Å². The van der Waals surface area contributed by atoms with Crippen LogP contribution in [0, 0.1) is 0 Å². The molecule has 1 aliphatic heterocycles. The number of unbranched alkanes of at least 4 members (excludes halogenated alkanes) is 1. The molecular formula is C17H28N4O6. The lowest BCUT2D eigenvalue weighted by Gasteiger charge is -2.21. The van der Waals surface area contributed by atoms with Gasteiger partial charge in [0, 0.05) is 6.04 Å². The second-order valence-corrected chi connectivity index (χ2v) is 7.01. The maximum absolute atomic E-state index is 12.4. The molecule has 0 unspecified atom stereocenters. The molecule has 1 aliphatic rings. The molecule has 10 heteroatoms. The van der Waals surface area contributed by atoms with Gasteiger partial charge in [-0.25, -0.2) is 9.59 Å². The topological polar surface area (TPSA) is 134 Å². The largest absolute Gasteiger partial charge is 0.451 e. The van der Waals surface area contributed by atoms with Gasteiger partial charge in [-0.1, -0.05) is 19.8 Å². The molecule has 27 heavy (non-hydrogen) atoms. The maximum Gasteiger partial charge on any atom is 0.327 e. The smallest absolute Gasteiger partial charge is 0.327 e. The quantitative estimate of drug-likeness (QED) is 0.416. The first kappa shape index (κ1) is 22.4. The molecule has 3 N–H and O–H groups in total. The number of hydrogen-bond acceptors (Lipinski definition) is 6. The standard InChI is InChI=1S/C17H28N4O6/c1-6-7-8-17(5)14(24)21(16(26)20-17)9-12(22)27-11(4)13(23)19-15(25)18-10(2)3/h10-11H,6-9H2,1-5H3,(H,20,26)(H2,18,19,23,25)/t11-,17+/m1/s1. The third-order valence-corrected chi connectivity index (χ3v) is 4.00. The van der Waals surface area contributed by atoms with E-state index in [0.717, 1.165) is 17.7 Å². The fraction of sp³-hybridized carbons (Fsp3) is 0.706. The van der Waals surface area contributed by atoms with Crippen molar-refractivity contribution in [2.75, 3.05) is 6.54 Å². The van der Waals surface area contributed by atoms with Crippen molar-refractivity contribution in [3.05, 3.63) is 0 Å². The molecule has 2 atom stereocenters. The van der Waals surface area contributed by atoms with Crippen LogP contribution in [0.2, 0.25) is 0 Å². The molecule has 0 spiro atoms. The fourth-order valence-corrected chi connectivity index (χ4v) is 2.52. The van der Waals surface area contributed by atoms with Gasteiger partial charge in [-0.15, -0.1) is 0 Å². The lowest BCUT2D eigenvalue weighted by Crippen LogP contribution is -2.47. The van der Waals surface area contributed by atoms with Gasteiger partial charge in [0.15, 0.2) is 6.10 Å². The number of hydrogen-bond donors (Lipinski definition) is 3. The minimum absolute atomic E-state index is 0.169. The monoisotopic (exact) mass is 384 g/mol. The van der Waals surface area contributed by atoms with E-state index in [1.165, 1.54) is 6.92 Å². The maximum atomic E-state index is 12.4.